The molecule has 7 heteroatoms. The van der Waals surface area contributed by atoms with Crippen LogP contribution in [0.3, 0.4) is 0 Å². The molecule has 0 spiro atoms. The van der Waals surface area contributed by atoms with Crippen molar-refractivity contribution in [1.29, 1.82) is 0 Å². The van der Waals surface area contributed by atoms with E-state index in [2.05, 4.69) is 15.3 Å². The summed E-state index contributed by atoms with van der Waals surface area (Å²) in [5.74, 6) is -0.323. The summed E-state index contributed by atoms with van der Waals surface area (Å²) in [5, 5.41) is 5.74. The van der Waals surface area contributed by atoms with E-state index < -0.39 is 6.04 Å². The Bertz CT molecular complexity index is 205. The molecule has 1 amide bonds. The Morgan fingerprint density at radius 2 is 2.54 bits per heavy atom. The Labute approximate surface area is 80.8 Å². The quantitative estimate of drug-likeness (QED) is 0.231. The summed E-state index contributed by atoms with van der Waals surface area (Å²) >= 11 is 5.23. The zero-order valence-corrected chi connectivity index (χ0v) is 7.99. The Kier molecular flexibility index (Phi) is 7.10. The summed E-state index contributed by atoms with van der Waals surface area (Å²) in [7, 11) is 0. The fourth-order valence-corrected chi connectivity index (χ4v) is 0.688. The number of amides is 1. The standard InChI is InChI=1S/C6H11ClN4O2/c1-5(10-11-8)6(12)9-2-3-13-4-7/h5H,2-4H2,1H3,(H,9,12). The minimum absolute atomic E-state index is 0.0990. The van der Waals surface area contributed by atoms with Gasteiger partial charge in [-0.2, -0.15) is 0 Å². The zero-order valence-electron chi connectivity index (χ0n) is 7.23. The maximum Gasteiger partial charge on any atom is 0.228 e. The second kappa shape index (κ2) is 7.67. The fraction of sp³-hybridized carbons (Fsp3) is 0.833. The van der Waals surface area contributed by atoms with Gasteiger partial charge in [0, 0.05) is 11.5 Å². The summed E-state index contributed by atoms with van der Waals surface area (Å²) in [4.78, 5) is 13.5. The zero-order chi connectivity index (χ0) is 10.1. The molecule has 0 aromatic heterocycles. The molecule has 0 saturated carbocycles. The van der Waals surface area contributed by atoms with Crippen LogP contribution in [0, 0.1) is 0 Å². The summed E-state index contributed by atoms with van der Waals surface area (Å²) in [5.41, 5.74) is 8.03. The van der Waals surface area contributed by atoms with Gasteiger partial charge in [-0.05, 0) is 12.5 Å². The van der Waals surface area contributed by atoms with Crippen LogP contribution in [-0.4, -0.2) is 31.2 Å². The minimum atomic E-state index is -0.694. The third-order valence-electron chi connectivity index (χ3n) is 1.23. The molecule has 0 rings (SSSR count). The molecule has 0 aromatic carbocycles. The van der Waals surface area contributed by atoms with E-state index in [9.17, 15) is 4.79 Å². The Morgan fingerprint density at radius 1 is 1.85 bits per heavy atom. The highest BCUT2D eigenvalue weighted by Gasteiger charge is 2.08. The van der Waals surface area contributed by atoms with E-state index >= 15 is 0 Å². The maximum absolute atomic E-state index is 11.0. The number of carbonyl (C=O) groups is 1. The third-order valence-corrected chi connectivity index (χ3v) is 1.38. The normalized spacial score (nSPS) is 11.5. The number of nitrogens with zero attached hydrogens (tertiary/aromatic N) is 3. The minimum Gasteiger partial charge on any atom is -0.364 e. The van der Waals surface area contributed by atoms with E-state index in [4.69, 9.17) is 21.9 Å². The van der Waals surface area contributed by atoms with E-state index in [1.807, 2.05) is 0 Å². The van der Waals surface area contributed by atoms with Gasteiger partial charge in [0.15, 0.2) is 0 Å². The van der Waals surface area contributed by atoms with Crippen LogP contribution >= 0.6 is 11.6 Å². The van der Waals surface area contributed by atoms with Gasteiger partial charge in [0.1, 0.15) is 12.1 Å². The van der Waals surface area contributed by atoms with Gasteiger partial charge in [0.05, 0.1) is 6.61 Å². The van der Waals surface area contributed by atoms with E-state index in [0.29, 0.717) is 13.2 Å². The van der Waals surface area contributed by atoms with Crippen molar-refractivity contribution in [3.05, 3.63) is 10.4 Å². The maximum atomic E-state index is 11.0. The van der Waals surface area contributed by atoms with Crippen LogP contribution in [0.2, 0.25) is 0 Å². The van der Waals surface area contributed by atoms with Crippen molar-refractivity contribution in [2.45, 2.75) is 13.0 Å². The predicted molar refractivity (Wildman–Crippen MR) is 48.3 cm³/mol. The smallest absolute Gasteiger partial charge is 0.228 e. The Balaban J connectivity index is 3.56. The molecule has 0 aliphatic rings. The average molecular weight is 207 g/mol. The highest BCUT2D eigenvalue weighted by Crippen LogP contribution is 1.89. The van der Waals surface area contributed by atoms with E-state index in [-0.39, 0.29) is 12.0 Å². The molecule has 0 aliphatic heterocycles. The number of halogens is 1. The molecule has 0 aromatic rings. The van der Waals surface area contributed by atoms with Crippen LogP contribution < -0.4 is 5.32 Å². The van der Waals surface area contributed by atoms with Gasteiger partial charge >= 0.3 is 0 Å². The predicted octanol–water partition coefficient (Wildman–Crippen LogP) is 1.01. The van der Waals surface area contributed by atoms with Gasteiger partial charge in [0.2, 0.25) is 5.91 Å². The van der Waals surface area contributed by atoms with E-state index in [1.54, 1.807) is 0 Å². The summed E-state index contributed by atoms with van der Waals surface area (Å²) < 4.78 is 4.77. The molecule has 1 unspecified atom stereocenters. The number of alkyl halides is 1. The van der Waals surface area contributed by atoms with Crippen LogP contribution in [0.5, 0.6) is 0 Å². The van der Waals surface area contributed by atoms with Crippen LogP contribution in [0.1, 0.15) is 6.92 Å². The van der Waals surface area contributed by atoms with E-state index in [0.717, 1.165) is 0 Å². The molecule has 13 heavy (non-hydrogen) atoms. The highest BCUT2D eigenvalue weighted by atomic mass is 35.5. The van der Waals surface area contributed by atoms with Crippen LogP contribution in [0.4, 0.5) is 0 Å². The number of nitrogens with one attached hydrogen (secondary N) is 1. The molecule has 0 saturated heterocycles. The summed E-state index contributed by atoms with van der Waals surface area (Å²) in [6.07, 6.45) is 0. The lowest BCUT2D eigenvalue weighted by Gasteiger charge is -2.06. The first kappa shape index (κ1) is 12.0. The first-order valence-corrected chi connectivity index (χ1v) is 4.21. The molecule has 0 radical (unpaired) electrons. The van der Waals surface area contributed by atoms with Crippen LogP contribution in [0.15, 0.2) is 5.11 Å². The number of carbonyl (C=O) groups excluding carboxylic acids is 1. The monoisotopic (exact) mass is 206 g/mol. The lowest BCUT2D eigenvalue weighted by atomic mass is 10.3. The lowest BCUT2D eigenvalue weighted by Crippen LogP contribution is -2.33. The molecular formula is C6H11ClN4O2. The number of hydrogen-bond donors (Lipinski definition) is 1. The average Bonchev–Trinajstić information content (AvgIpc) is 2.12. The molecular weight excluding hydrogens is 196 g/mol. The number of rotatable bonds is 6. The third kappa shape index (κ3) is 6.21. The Hall–Kier alpha value is -0.970. The molecule has 1 atom stereocenters. The molecule has 0 aliphatic carbocycles. The first-order chi connectivity index (χ1) is 6.22. The van der Waals surface area contributed by atoms with Crippen molar-refractivity contribution in [1.82, 2.24) is 5.32 Å². The Morgan fingerprint density at radius 3 is 3.08 bits per heavy atom. The topological polar surface area (TPSA) is 87.1 Å². The van der Waals surface area contributed by atoms with Gasteiger partial charge in [-0.15, -0.1) is 0 Å². The van der Waals surface area contributed by atoms with Crippen molar-refractivity contribution in [2.24, 2.45) is 5.11 Å². The summed E-state index contributed by atoms with van der Waals surface area (Å²) in [6.45, 7) is 2.21. The fourth-order valence-electron chi connectivity index (χ4n) is 0.579. The van der Waals surface area contributed by atoms with E-state index in [1.165, 1.54) is 6.92 Å². The van der Waals surface area contributed by atoms with Crippen molar-refractivity contribution < 1.29 is 9.53 Å². The van der Waals surface area contributed by atoms with Crippen molar-refractivity contribution in [3.8, 4) is 0 Å². The molecule has 74 valence electrons. The van der Waals surface area contributed by atoms with Crippen molar-refractivity contribution >= 4 is 17.5 Å². The van der Waals surface area contributed by atoms with Crippen molar-refractivity contribution in [3.63, 3.8) is 0 Å². The number of hydrogen-bond acceptors (Lipinski definition) is 3. The van der Waals surface area contributed by atoms with Gasteiger partial charge in [-0.25, -0.2) is 0 Å². The lowest BCUT2D eigenvalue weighted by molar-refractivity contribution is -0.122. The van der Waals surface area contributed by atoms with Crippen LogP contribution in [-0.2, 0) is 9.53 Å². The highest BCUT2D eigenvalue weighted by molar-refractivity contribution is 6.17. The molecule has 1 N–H and O–H groups in total. The molecule has 6 nitrogen and oxygen atoms in total. The van der Waals surface area contributed by atoms with Crippen LogP contribution in [0.25, 0.3) is 10.4 Å². The molecule has 0 bridgehead atoms. The van der Waals surface area contributed by atoms with Gasteiger partial charge in [-0.1, -0.05) is 16.7 Å². The second-order valence-corrected chi connectivity index (χ2v) is 2.41. The van der Waals surface area contributed by atoms with Crippen molar-refractivity contribution in [2.75, 3.05) is 19.2 Å². The first-order valence-electron chi connectivity index (χ1n) is 3.68. The number of ether oxygens (including phenoxy) is 1. The van der Waals surface area contributed by atoms with Gasteiger partial charge < -0.3 is 10.1 Å². The second-order valence-electron chi connectivity index (χ2n) is 2.19. The molecule has 0 fully saturated rings. The van der Waals surface area contributed by atoms with Gasteiger partial charge in [-0.3, -0.25) is 4.79 Å². The van der Waals surface area contributed by atoms with Gasteiger partial charge in [0.25, 0.3) is 0 Å². The number of azide groups is 1. The summed E-state index contributed by atoms with van der Waals surface area (Å²) in [6, 6.07) is -0.595. The SMILES string of the molecule is CC(N=[N+]=[N-])C(=O)NCCOCCl. The molecule has 0 heterocycles. The largest absolute Gasteiger partial charge is 0.364 e.